The van der Waals surface area contributed by atoms with Crippen LogP contribution < -0.4 is 11.1 Å². The third-order valence-electron chi connectivity index (χ3n) is 3.47. The molecule has 0 saturated carbocycles. The quantitative estimate of drug-likeness (QED) is 0.579. The molecule has 0 radical (unpaired) electrons. The van der Waals surface area contributed by atoms with Gasteiger partial charge in [0.05, 0.1) is 0 Å². The average Bonchev–Trinajstić information content (AvgIpc) is 2.48. The van der Waals surface area contributed by atoms with Crippen LogP contribution in [0.3, 0.4) is 0 Å². The monoisotopic (exact) mass is 492 g/mol. The first-order valence-corrected chi connectivity index (χ1v) is 9.16. The molecule has 0 aliphatic heterocycles. The second kappa shape index (κ2) is 8.02. The van der Waals surface area contributed by atoms with Crippen LogP contribution in [0.4, 0.5) is 4.39 Å². The number of nitrogens with one attached hydrogen (secondary N) is 1. The number of hydrogen-bond acceptors (Lipinski definition) is 2. The Labute approximate surface area is 155 Å². The number of rotatable bonds is 5. The van der Waals surface area contributed by atoms with Gasteiger partial charge in [0, 0.05) is 32.0 Å². The summed E-state index contributed by atoms with van der Waals surface area (Å²) in [5.41, 5.74) is 7.99. The first kappa shape index (κ1) is 18.1. The second-order valence-corrected chi connectivity index (χ2v) is 7.58. The minimum atomic E-state index is -0.267. The van der Waals surface area contributed by atoms with E-state index in [-0.39, 0.29) is 17.9 Å². The molecule has 0 aliphatic carbocycles. The van der Waals surface area contributed by atoms with Gasteiger partial charge in [0.2, 0.25) is 0 Å². The molecular weight excluding hydrogens is 479 g/mol. The van der Waals surface area contributed by atoms with Crippen molar-refractivity contribution in [2.24, 2.45) is 5.73 Å². The Hall–Kier alpha value is -0.270. The molecule has 2 aromatic carbocycles. The van der Waals surface area contributed by atoms with Crippen molar-refractivity contribution in [1.82, 2.24) is 5.32 Å². The van der Waals surface area contributed by atoms with Gasteiger partial charge in [-0.3, -0.25) is 0 Å². The zero-order valence-corrected chi connectivity index (χ0v) is 16.7. The number of halogens is 4. The Morgan fingerprint density at radius 2 is 1.77 bits per heavy atom. The molecule has 2 aromatic rings. The van der Waals surface area contributed by atoms with E-state index in [0.29, 0.717) is 6.54 Å². The summed E-state index contributed by atoms with van der Waals surface area (Å²) < 4.78 is 16.0. The van der Waals surface area contributed by atoms with Crippen LogP contribution in [0.2, 0.25) is 0 Å². The molecule has 118 valence electrons. The summed E-state index contributed by atoms with van der Waals surface area (Å²) in [5.74, 6) is -0.267. The van der Waals surface area contributed by atoms with E-state index in [1.54, 1.807) is 6.07 Å². The molecule has 0 heterocycles. The molecule has 3 N–H and O–H groups in total. The zero-order valence-electron chi connectivity index (χ0n) is 11.9. The van der Waals surface area contributed by atoms with Crippen LogP contribution in [0.25, 0.3) is 0 Å². The van der Waals surface area contributed by atoms with Crippen LogP contribution in [0.1, 0.15) is 30.1 Å². The fraction of sp³-hybridized carbons (Fsp3) is 0.250. The van der Waals surface area contributed by atoms with Gasteiger partial charge in [-0.2, -0.15) is 0 Å². The van der Waals surface area contributed by atoms with Crippen molar-refractivity contribution in [2.45, 2.75) is 19.0 Å². The lowest BCUT2D eigenvalue weighted by Gasteiger charge is -2.24. The van der Waals surface area contributed by atoms with Crippen molar-refractivity contribution >= 4 is 47.8 Å². The average molecular weight is 495 g/mol. The molecule has 0 aliphatic rings. The van der Waals surface area contributed by atoms with Crippen LogP contribution in [0.15, 0.2) is 49.8 Å². The lowest BCUT2D eigenvalue weighted by molar-refractivity contribution is 0.471. The maximum Gasteiger partial charge on any atom is 0.124 e. The minimum absolute atomic E-state index is 0.0626. The van der Waals surface area contributed by atoms with Crippen molar-refractivity contribution in [3.63, 3.8) is 0 Å². The molecular formula is C16H16Br3FN2. The maximum atomic E-state index is 13.2. The Bertz CT molecular complexity index is 664. The van der Waals surface area contributed by atoms with Gasteiger partial charge in [-0.25, -0.2) is 4.39 Å². The fourth-order valence-electron chi connectivity index (χ4n) is 2.25. The van der Waals surface area contributed by atoms with E-state index < -0.39 is 0 Å². The van der Waals surface area contributed by atoms with Crippen LogP contribution >= 0.6 is 47.8 Å². The van der Waals surface area contributed by atoms with E-state index in [2.05, 4.69) is 72.2 Å². The first-order chi connectivity index (χ1) is 10.4. The summed E-state index contributed by atoms with van der Waals surface area (Å²) in [5, 5.41) is 3.49. The van der Waals surface area contributed by atoms with E-state index >= 15 is 0 Å². The van der Waals surface area contributed by atoms with Crippen molar-refractivity contribution in [3.8, 4) is 0 Å². The van der Waals surface area contributed by atoms with Gasteiger partial charge in [-0.05, 0) is 74.2 Å². The molecule has 0 fully saturated rings. The fourth-order valence-corrected chi connectivity index (χ4v) is 3.52. The lowest BCUT2D eigenvalue weighted by Crippen LogP contribution is -2.30. The van der Waals surface area contributed by atoms with Crippen molar-refractivity contribution in [1.29, 1.82) is 0 Å². The molecule has 2 rings (SSSR count). The smallest absolute Gasteiger partial charge is 0.124 e. The topological polar surface area (TPSA) is 38.0 Å². The highest BCUT2D eigenvalue weighted by Gasteiger charge is 2.17. The molecule has 0 bridgehead atoms. The summed E-state index contributed by atoms with van der Waals surface area (Å²) >= 11 is 10.4. The molecule has 0 spiro atoms. The van der Waals surface area contributed by atoms with E-state index in [9.17, 15) is 4.39 Å². The Morgan fingerprint density at radius 3 is 2.36 bits per heavy atom. The van der Waals surface area contributed by atoms with Gasteiger partial charge in [0.15, 0.2) is 0 Å². The predicted molar refractivity (Wildman–Crippen MR) is 99.3 cm³/mol. The summed E-state index contributed by atoms with van der Waals surface area (Å²) in [6.07, 6.45) is 0. The van der Waals surface area contributed by atoms with Crippen LogP contribution in [-0.4, -0.2) is 6.54 Å². The van der Waals surface area contributed by atoms with Crippen molar-refractivity contribution in [3.05, 3.63) is 66.8 Å². The molecule has 0 saturated heterocycles. The van der Waals surface area contributed by atoms with Gasteiger partial charge in [-0.15, -0.1) is 0 Å². The van der Waals surface area contributed by atoms with Crippen LogP contribution in [0, 0.1) is 5.82 Å². The lowest BCUT2D eigenvalue weighted by atomic mass is 10.0. The van der Waals surface area contributed by atoms with Gasteiger partial charge in [0.1, 0.15) is 5.82 Å². The zero-order chi connectivity index (χ0) is 16.3. The highest BCUT2D eigenvalue weighted by molar-refractivity contribution is 9.13. The Morgan fingerprint density at radius 1 is 1.05 bits per heavy atom. The minimum Gasteiger partial charge on any atom is -0.329 e. The largest absolute Gasteiger partial charge is 0.329 e. The number of benzene rings is 2. The molecule has 2 atom stereocenters. The Kier molecular flexibility index (Phi) is 6.58. The number of hydrogen-bond donors (Lipinski definition) is 2. The SMILES string of the molecule is CC(NC(CN)c1ccc(F)cc1Br)c1ccc(Br)c(Br)c1. The molecule has 2 nitrogen and oxygen atoms in total. The maximum absolute atomic E-state index is 13.2. The van der Waals surface area contributed by atoms with E-state index in [0.717, 1.165) is 24.5 Å². The van der Waals surface area contributed by atoms with Crippen LogP contribution in [-0.2, 0) is 0 Å². The highest BCUT2D eigenvalue weighted by atomic mass is 79.9. The van der Waals surface area contributed by atoms with Gasteiger partial charge in [0.25, 0.3) is 0 Å². The van der Waals surface area contributed by atoms with Gasteiger partial charge >= 0.3 is 0 Å². The van der Waals surface area contributed by atoms with Crippen molar-refractivity contribution < 1.29 is 4.39 Å². The number of nitrogens with two attached hydrogens (primary N) is 1. The summed E-state index contributed by atoms with van der Waals surface area (Å²) in [6.45, 7) is 2.50. The normalized spacial score (nSPS) is 13.9. The first-order valence-electron chi connectivity index (χ1n) is 6.78. The van der Waals surface area contributed by atoms with E-state index in [1.807, 2.05) is 6.07 Å². The summed E-state index contributed by atoms with van der Waals surface area (Å²) in [7, 11) is 0. The molecule has 0 aromatic heterocycles. The van der Waals surface area contributed by atoms with Crippen LogP contribution in [0.5, 0.6) is 0 Å². The Balaban J connectivity index is 2.20. The molecule has 2 unspecified atom stereocenters. The van der Waals surface area contributed by atoms with E-state index in [4.69, 9.17) is 5.73 Å². The molecule has 22 heavy (non-hydrogen) atoms. The summed E-state index contributed by atoms with van der Waals surface area (Å²) in [4.78, 5) is 0. The molecule has 6 heteroatoms. The third kappa shape index (κ3) is 4.38. The third-order valence-corrected chi connectivity index (χ3v) is 6.03. The van der Waals surface area contributed by atoms with Gasteiger partial charge in [-0.1, -0.05) is 28.1 Å². The van der Waals surface area contributed by atoms with Crippen molar-refractivity contribution in [2.75, 3.05) is 6.54 Å². The molecule has 0 amide bonds. The van der Waals surface area contributed by atoms with E-state index in [1.165, 1.54) is 12.1 Å². The predicted octanol–water partition coefficient (Wildman–Crippen LogP) is 5.46. The summed E-state index contributed by atoms with van der Waals surface area (Å²) in [6, 6.07) is 10.8. The second-order valence-electron chi connectivity index (χ2n) is 5.02. The standard InChI is InChI=1S/C16H16Br3FN2/c1-9(10-2-5-13(17)15(19)6-10)22-16(8-21)12-4-3-11(20)7-14(12)18/h2-7,9,16,22H,8,21H2,1H3. The van der Waals surface area contributed by atoms with Gasteiger partial charge < -0.3 is 11.1 Å². The highest BCUT2D eigenvalue weighted by Crippen LogP contribution is 2.29.